The van der Waals surface area contributed by atoms with Crippen LogP contribution < -0.4 is 5.32 Å². The molecule has 6 nitrogen and oxygen atoms in total. The summed E-state index contributed by atoms with van der Waals surface area (Å²) in [6.45, 7) is 2.08. The summed E-state index contributed by atoms with van der Waals surface area (Å²) < 4.78 is 0. The summed E-state index contributed by atoms with van der Waals surface area (Å²) in [6, 6.07) is 23.0. The number of hydrogen-bond donors (Lipinski definition) is 2. The average molecular weight is 412 g/mol. The zero-order valence-corrected chi connectivity index (χ0v) is 17.6. The number of benzene rings is 2. The van der Waals surface area contributed by atoms with Gasteiger partial charge in [-0.15, -0.1) is 0 Å². The first-order chi connectivity index (χ1) is 15.0. The minimum absolute atomic E-state index is 0.0414. The van der Waals surface area contributed by atoms with Crippen molar-refractivity contribution in [3.8, 4) is 11.3 Å². The van der Waals surface area contributed by atoms with Crippen LogP contribution in [0.5, 0.6) is 0 Å². The van der Waals surface area contributed by atoms with Gasteiger partial charge in [0.05, 0.1) is 24.3 Å². The Labute approximate surface area is 180 Å². The molecule has 0 fully saturated rings. The second-order valence-electron chi connectivity index (χ2n) is 7.59. The fraction of sp³-hybridized carbons (Fsp3) is 0.160. The van der Waals surface area contributed by atoms with Crippen molar-refractivity contribution >= 4 is 28.4 Å². The minimum atomic E-state index is -0.212. The van der Waals surface area contributed by atoms with Crippen LogP contribution in [0.3, 0.4) is 0 Å². The third-order valence-corrected chi connectivity index (χ3v) is 5.03. The van der Waals surface area contributed by atoms with Gasteiger partial charge in [0.25, 0.3) is 0 Å². The maximum atomic E-state index is 13.3. The minimum Gasteiger partial charge on any atom is -0.354 e. The molecule has 0 saturated carbocycles. The summed E-state index contributed by atoms with van der Waals surface area (Å²) >= 11 is 0. The van der Waals surface area contributed by atoms with Gasteiger partial charge < -0.3 is 10.3 Å². The number of pyridine rings is 1. The highest BCUT2D eigenvalue weighted by Gasteiger charge is 2.21. The van der Waals surface area contributed by atoms with Crippen molar-refractivity contribution in [2.24, 2.45) is 0 Å². The van der Waals surface area contributed by atoms with Gasteiger partial charge in [0.1, 0.15) is 5.82 Å². The van der Waals surface area contributed by atoms with E-state index in [9.17, 15) is 9.59 Å². The first-order valence-electron chi connectivity index (χ1n) is 10.1. The number of ketones is 1. The highest BCUT2D eigenvalue weighted by Crippen LogP contribution is 2.30. The number of amides is 1. The van der Waals surface area contributed by atoms with Crippen molar-refractivity contribution in [1.82, 2.24) is 14.9 Å². The molecule has 6 heteroatoms. The molecule has 2 aromatic heterocycles. The summed E-state index contributed by atoms with van der Waals surface area (Å²) in [7, 11) is 1.76. The third kappa shape index (κ3) is 4.70. The number of hydrogen-bond acceptors (Lipinski definition) is 4. The fourth-order valence-corrected chi connectivity index (χ4v) is 3.67. The molecule has 0 aliphatic carbocycles. The molecule has 0 unspecified atom stereocenters. The van der Waals surface area contributed by atoms with Gasteiger partial charge in [-0.2, -0.15) is 0 Å². The van der Waals surface area contributed by atoms with Crippen LogP contribution in [0.1, 0.15) is 16.1 Å². The Kier molecular flexibility index (Phi) is 5.91. The van der Waals surface area contributed by atoms with E-state index in [2.05, 4.69) is 15.3 Å². The average Bonchev–Trinajstić information content (AvgIpc) is 3.14. The smallest absolute Gasteiger partial charge is 0.239 e. The number of para-hydroxylation sites is 1. The Bertz CT molecular complexity index is 1230. The number of anilines is 1. The van der Waals surface area contributed by atoms with Crippen LogP contribution in [-0.2, 0) is 4.79 Å². The number of aromatic amines is 1. The number of aryl methyl sites for hydroxylation is 1. The van der Waals surface area contributed by atoms with E-state index in [0.717, 1.165) is 27.9 Å². The quantitative estimate of drug-likeness (QED) is 0.444. The van der Waals surface area contributed by atoms with Crippen LogP contribution >= 0.6 is 0 Å². The number of rotatable bonds is 7. The first-order valence-corrected chi connectivity index (χ1v) is 10.1. The van der Waals surface area contributed by atoms with E-state index in [-0.39, 0.29) is 24.8 Å². The Balaban J connectivity index is 1.52. The molecule has 2 heterocycles. The molecule has 0 bridgehead atoms. The predicted octanol–water partition coefficient (Wildman–Crippen LogP) is 4.29. The molecular weight excluding hydrogens is 388 g/mol. The summed E-state index contributed by atoms with van der Waals surface area (Å²) in [5, 5.41) is 3.66. The molecule has 2 aromatic carbocycles. The number of nitrogens with zero attached hydrogens (tertiary/aromatic N) is 2. The lowest BCUT2D eigenvalue weighted by Gasteiger charge is -2.16. The lowest BCUT2D eigenvalue weighted by atomic mass is 10.0. The van der Waals surface area contributed by atoms with Crippen LogP contribution in [-0.4, -0.2) is 46.7 Å². The molecule has 0 radical (unpaired) electrons. The Morgan fingerprint density at radius 3 is 2.45 bits per heavy atom. The number of nitrogens with one attached hydrogen (secondary N) is 2. The molecule has 0 saturated heterocycles. The van der Waals surface area contributed by atoms with E-state index in [1.165, 1.54) is 0 Å². The number of H-pyrrole nitrogens is 1. The number of aromatic nitrogens is 2. The van der Waals surface area contributed by atoms with Crippen LogP contribution in [0.2, 0.25) is 0 Å². The molecule has 0 spiro atoms. The van der Waals surface area contributed by atoms with E-state index in [4.69, 9.17) is 0 Å². The monoisotopic (exact) mass is 412 g/mol. The summed E-state index contributed by atoms with van der Waals surface area (Å²) in [6.07, 6.45) is 0. The van der Waals surface area contributed by atoms with Crippen molar-refractivity contribution in [2.75, 3.05) is 25.5 Å². The lowest BCUT2D eigenvalue weighted by Crippen LogP contribution is -2.34. The van der Waals surface area contributed by atoms with Crippen molar-refractivity contribution in [2.45, 2.75) is 6.92 Å². The molecule has 156 valence electrons. The molecule has 31 heavy (non-hydrogen) atoms. The standard InChI is InChI=1S/C25H24N4O2/c1-17-9-8-14-22(26-17)28-23(31)16-29(2)15-21(30)24-19-12-6-7-13-20(19)27-25(24)18-10-4-3-5-11-18/h3-14,27H,15-16H2,1-2H3,(H,26,28,31). The molecule has 0 aliphatic heterocycles. The first kappa shape index (κ1) is 20.5. The number of Topliss-reactive ketones (excluding diaryl/α,β-unsaturated/α-hetero) is 1. The number of likely N-dealkylation sites (N-methyl/N-ethyl adjacent to an activating group) is 1. The normalized spacial score (nSPS) is 11.1. The van der Waals surface area contributed by atoms with Gasteiger partial charge >= 0.3 is 0 Å². The maximum Gasteiger partial charge on any atom is 0.239 e. The number of carbonyl (C=O) groups excluding carboxylic acids is 2. The summed E-state index contributed by atoms with van der Waals surface area (Å²) in [4.78, 5) is 35.1. The Hall–Kier alpha value is -3.77. The van der Waals surface area contributed by atoms with Crippen LogP contribution in [0.25, 0.3) is 22.2 Å². The van der Waals surface area contributed by atoms with E-state index in [1.807, 2.05) is 73.7 Å². The van der Waals surface area contributed by atoms with E-state index < -0.39 is 0 Å². The van der Waals surface area contributed by atoms with Gasteiger partial charge in [-0.3, -0.25) is 14.5 Å². The zero-order chi connectivity index (χ0) is 21.8. The van der Waals surface area contributed by atoms with Gasteiger partial charge in [0.2, 0.25) is 5.91 Å². The fourth-order valence-electron chi connectivity index (χ4n) is 3.67. The van der Waals surface area contributed by atoms with Crippen LogP contribution in [0.4, 0.5) is 5.82 Å². The largest absolute Gasteiger partial charge is 0.354 e. The molecule has 0 aliphatic rings. The van der Waals surface area contributed by atoms with Crippen LogP contribution in [0.15, 0.2) is 72.8 Å². The van der Waals surface area contributed by atoms with Gasteiger partial charge in [0.15, 0.2) is 5.78 Å². The maximum absolute atomic E-state index is 13.3. The van der Waals surface area contributed by atoms with E-state index in [0.29, 0.717) is 11.4 Å². The van der Waals surface area contributed by atoms with Crippen molar-refractivity contribution in [3.63, 3.8) is 0 Å². The number of fused-ring (bicyclic) bond motifs is 1. The van der Waals surface area contributed by atoms with Crippen molar-refractivity contribution < 1.29 is 9.59 Å². The zero-order valence-electron chi connectivity index (χ0n) is 17.6. The SMILES string of the molecule is Cc1cccc(NC(=O)CN(C)CC(=O)c2c(-c3ccccc3)[nH]c3ccccc23)n1. The Morgan fingerprint density at radius 1 is 0.935 bits per heavy atom. The molecule has 1 amide bonds. The molecular formula is C25H24N4O2. The van der Waals surface area contributed by atoms with E-state index in [1.54, 1.807) is 18.0 Å². The molecule has 4 aromatic rings. The van der Waals surface area contributed by atoms with Crippen molar-refractivity contribution in [3.05, 3.63) is 84.1 Å². The van der Waals surface area contributed by atoms with Crippen LogP contribution in [0, 0.1) is 6.92 Å². The molecule has 0 atom stereocenters. The van der Waals surface area contributed by atoms with Gasteiger partial charge in [-0.05, 0) is 37.7 Å². The highest BCUT2D eigenvalue weighted by molar-refractivity contribution is 6.14. The summed E-state index contributed by atoms with van der Waals surface area (Å²) in [5.41, 5.74) is 4.14. The van der Waals surface area contributed by atoms with Gasteiger partial charge in [-0.25, -0.2) is 4.98 Å². The third-order valence-electron chi connectivity index (χ3n) is 5.03. The second kappa shape index (κ2) is 8.93. The second-order valence-corrected chi connectivity index (χ2v) is 7.59. The summed E-state index contributed by atoms with van der Waals surface area (Å²) in [5.74, 6) is 0.253. The van der Waals surface area contributed by atoms with E-state index >= 15 is 0 Å². The van der Waals surface area contributed by atoms with Crippen molar-refractivity contribution in [1.29, 1.82) is 0 Å². The molecule has 2 N–H and O–H groups in total. The van der Waals surface area contributed by atoms with Gasteiger partial charge in [0, 0.05) is 16.6 Å². The highest BCUT2D eigenvalue weighted by atomic mass is 16.2. The molecule has 4 rings (SSSR count). The number of carbonyl (C=O) groups is 2. The Morgan fingerprint density at radius 2 is 1.68 bits per heavy atom. The topological polar surface area (TPSA) is 78.1 Å². The lowest BCUT2D eigenvalue weighted by molar-refractivity contribution is -0.116. The van der Waals surface area contributed by atoms with Gasteiger partial charge in [-0.1, -0.05) is 54.6 Å². The predicted molar refractivity (Wildman–Crippen MR) is 123 cm³/mol.